The third kappa shape index (κ3) is 3.03. The van der Waals surface area contributed by atoms with Crippen LogP contribution in [0.3, 0.4) is 0 Å². The van der Waals surface area contributed by atoms with E-state index in [0.717, 1.165) is 43.3 Å². The van der Waals surface area contributed by atoms with Gasteiger partial charge in [0.2, 0.25) is 0 Å². The number of benzene rings is 1. The first-order valence-corrected chi connectivity index (χ1v) is 8.00. The molecule has 0 amide bonds. The Morgan fingerprint density at radius 3 is 2.91 bits per heavy atom. The monoisotopic (exact) mass is 308 g/mol. The molecule has 0 saturated heterocycles. The molecule has 0 unspecified atom stereocenters. The van der Waals surface area contributed by atoms with E-state index in [4.69, 9.17) is 0 Å². The summed E-state index contributed by atoms with van der Waals surface area (Å²) in [4.78, 5) is 4.45. The van der Waals surface area contributed by atoms with Gasteiger partial charge < -0.3 is 5.32 Å². The van der Waals surface area contributed by atoms with Gasteiger partial charge in [-0.25, -0.2) is 14.3 Å². The topological polar surface area (TPSA) is 60.6 Å². The molecule has 6 nitrogen and oxygen atoms in total. The highest BCUT2D eigenvalue weighted by Crippen LogP contribution is 2.14. The number of aryl methyl sites for hydroxylation is 2. The molecule has 0 radical (unpaired) electrons. The molecular formula is C17H20N6. The number of aromatic nitrogens is 5. The van der Waals surface area contributed by atoms with Gasteiger partial charge in [0.1, 0.15) is 11.6 Å². The first-order chi connectivity index (χ1) is 11.3. The number of nitrogens with one attached hydrogen (secondary N) is 1. The van der Waals surface area contributed by atoms with Crippen molar-refractivity contribution < 1.29 is 0 Å². The second-order valence-corrected chi connectivity index (χ2v) is 5.99. The minimum absolute atomic E-state index is 0.453. The number of hydrogen-bond acceptors (Lipinski definition) is 4. The van der Waals surface area contributed by atoms with Crippen LogP contribution >= 0.6 is 0 Å². The van der Waals surface area contributed by atoms with E-state index in [1.807, 2.05) is 28.6 Å². The summed E-state index contributed by atoms with van der Waals surface area (Å²) in [6, 6.07) is 10.9. The summed E-state index contributed by atoms with van der Waals surface area (Å²) in [6.07, 6.45) is 5.85. The van der Waals surface area contributed by atoms with Crippen molar-refractivity contribution >= 4 is 0 Å². The van der Waals surface area contributed by atoms with Crippen molar-refractivity contribution in [2.75, 3.05) is 0 Å². The van der Waals surface area contributed by atoms with Crippen LogP contribution < -0.4 is 5.32 Å². The molecule has 6 heteroatoms. The highest BCUT2D eigenvalue weighted by atomic mass is 15.4. The Kier molecular flexibility index (Phi) is 3.67. The maximum absolute atomic E-state index is 4.45. The van der Waals surface area contributed by atoms with E-state index < -0.39 is 0 Å². The molecule has 0 spiro atoms. The van der Waals surface area contributed by atoms with Gasteiger partial charge in [0, 0.05) is 31.4 Å². The second kappa shape index (κ2) is 5.96. The Bertz CT molecular complexity index is 772. The van der Waals surface area contributed by atoms with E-state index in [1.165, 1.54) is 5.56 Å². The minimum atomic E-state index is 0.453. The average Bonchev–Trinajstić information content (AvgIpc) is 3.21. The zero-order valence-corrected chi connectivity index (χ0v) is 13.2. The predicted molar refractivity (Wildman–Crippen MR) is 87.3 cm³/mol. The molecule has 23 heavy (non-hydrogen) atoms. The Labute approximate surface area is 135 Å². The molecule has 4 rings (SSSR count). The molecule has 2 aromatic heterocycles. The van der Waals surface area contributed by atoms with Gasteiger partial charge in [-0.15, -0.1) is 0 Å². The number of hydrogen-bond donors (Lipinski definition) is 1. The second-order valence-electron chi connectivity index (χ2n) is 5.99. The lowest BCUT2D eigenvalue weighted by Crippen LogP contribution is -2.37. The van der Waals surface area contributed by atoms with Crippen molar-refractivity contribution in [3.8, 4) is 5.69 Å². The van der Waals surface area contributed by atoms with Crippen LogP contribution in [0.25, 0.3) is 5.69 Å². The fourth-order valence-corrected chi connectivity index (χ4v) is 3.05. The summed E-state index contributed by atoms with van der Waals surface area (Å²) in [5.41, 5.74) is 2.36. The van der Waals surface area contributed by atoms with E-state index >= 15 is 0 Å². The molecule has 0 aliphatic carbocycles. The molecule has 0 bridgehead atoms. The molecule has 3 aromatic rings. The number of rotatable bonds is 4. The number of fused-ring (bicyclic) bond motifs is 1. The molecule has 1 atom stereocenters. The van der Waals surface area contributed by atoms with Crippen molar-refractivity contribution in [1.29, 1.82) is 0 Å². The SMILES string of the molecule is Cc1nc2n(n1)C[C@H](NCc1ccc(-n3cccn3)cc1)CC2. The normalized spacial score (nSPS) is 17.2. The zero-order chi connectivity index (χ0) is 15.6. The third-order valence-corrected chi connectivity index (χ3v) is 4.26. The highest BCUT2D eigenvalue weighted by Gasteiger charge is 2.20. The van der Waals surface area contributed by atoms with E-state index in [0.29, 0.717) is 6.04 Å². The van der Waals surface area contributed by atoms with Crippen molar-refractivity contribution in [2.45, 2.75) is 38.9 Å². The Hall–Kier alpha value is -2.47. The van der Waals surface area contributed by atoms with Crippen LogP contribution in [0.5, 0.6) is 0 Å². The van der Waals surface area contributed by atoms with Crippen LogP contribution in [-0.2, 0) is 19.5 Å². The molecule has 0 saturated carbocycles. The van der Waals surface area contributed by atoms with Crippen LogP contribution in [-0.4, -0.2) is 30.6 Å². The third-order valence-electron chi connectivity index (χ3n) is 4.26. The molecular weight excluding hydrogens is 288 g/mol. The van der Waals surface area contributed by atoms with Gasteiger partial charge in [0.15, 0.2) is 0 Å². The summed E-state index contributed by atoms with van der Waals surface area (Å²) >= 11 is 0. The van der Waals surface area contributed by atoms with Gasteiger partial charge in [0.05, 0.1) is 12.2 Å². The van der Waals surface area contributed by atoms with Crippen molar-refractivity contribution in [1.82, 2.24) is 29.9 Å². The van der Waals surface area contributed by atoms with Crippen LogP contribution in [0.4, 0.5) is 0 Å². The molecule has 1 aliphatic heterocycles. The lowest BCUT2D eigenvalue weighted by Gasteiger charge is -2.23. The van der Waals surface area contributed by atoms with Crippen LogP contribution in [0, 0.1) is 6.92 Å². The molecule has 1 N–H and O–H groups in total. The maximum Gasteiger partial charge on any atom is 0.147 e. The van der Waals surface area contributed by atoms with E-state index in [1.54, 1.807) is 6.20 Å². The van der Waals surface area contributed by atoms with E-state index in [-0.39, 0.29) is 0 Å². The van der Waals surface area contributed by atoms with Crippen LogP contribution in [0.1, 0.15) is 23.6 Å². The van der Waals surface area contributed by atoms with E-state index in [9.17, 15) is 0 Å². The summed E-state index contributed by atoms with van der Waals surface area (Å²) in [5.74, 6) is 1.99. The average molecular weight is 308 g/mol. The van der Waals surface area contributed by atoms with Crippen LogP contribution in [0.2, 0.25) is 0 Å². The molecule has 0 fully saturated rings. The fourth-order valence-electron chi connectivity index (χ4n) is 3.05. The largest absolute Gasteiger partial charge is 0.308 e. The van der Waals surface area contributed by atoms with Gasteiger partial charge in [-0.2, -0.15) is 10.2 Å². The molecule has 1 aliphatic rings. The highest BCUT2D eigenvalue weighted by molar-refractivity contribution is 5.33. The van der Waals surface area contributed by atoms with Gasteiger partial charge in [-0.3, -0.25) is 0 Å². The lowest BCUT2D eigenvalue weighted by atomic mass is 10.1. The quantitative estimate of drug-likeness (QED) is 0.799. The van der Waals surface area contributed by atoms with Gasteiger partial charge >= 0.3 is 0 Å². The summed E-state index contributed by atoms with van der Waals surface area (Å²) < 4.78 is 3.91. The van der Waals surface area contributed by atoms with Crippen molar-refractivity contribution in [2.24, 2.45) is 0 Å². The first kappa shape index (κ1) is 14.1. The Morgan fingerprint density at radius 2 is 2.13 bits per heavy atom. The molecule has 1 aromatic carbocycles. The lowest BCUT2D eigenvalue weighted by molar-refractivity contribution is 0.357. The van der Waals surface area contributed by atoms with Gasteiger partial charge in [-0.1, -0.05) is 12.1 Å². The van der Waals surface area contributed by atoms with Crippen molar-refractivity contribution in [3.63, 3.8) is 0 Å². The summed E-state index contributed by atoms with van der Waals surface area (Å²) in [6.45, 7) is 3.73. The smallest absolute Gasteiger partial charge is 0.147 e. The Balaban J connectivity index is 1.36. The first-order valence-electron chi connectivity index (χ1n) is 8.00. The standard InChI is InChI=1S/C17H20N6/c1-13-20-17-8-5-15(12-23(17)21-13)18-11-14-3-6-16(7-4-14)22-10-2-9-19-22/h2-4,6-7,9-10,15,18H,5,8,11-12H2,1H3/t15-/m1/s1. The number of nitrogens with zero attached hydrogens (tertiary/aromatic N) is 5. The van der Waals surface area contributed by atoms with Crippen molar-refractivity contribution in [3.05, 3.63) is 59.9 Å². The predicted octanol–water partition coefficient (Wildman–Crippen LogP) is 1.88. The summed E-state index contributed by atoms with van der Waals surface area (Å²) in [5, 5.41) is 12.3. The summed E-state index contributed by atoms with van der Waals surface area (Å²) in [7, 11) is 0. The Morgan fingerprint density at radius 1 is 1.26 bits per heavy atom. The zero-order valence-electron chi connectivity index (χ0n) is 13.2. The molecule has 3 heterocycles. The van der Waals surface area contributed by atoms with Crippen LogP contribution in [0.15, 0.2) is 42.7 Å². The maximum atomic E-state index is 4.45. The van der Waals surface area contributed by atoms with Gasteiger partial charge in [0.25, 0.3) is 0 Å². The van der Waals surface area contributed by atoms with E-state index in [2.05, 4.69) is 44.8 Å². The van der Waals surface area contributed by atoms with Gasteiger partial charge in [-0.05, 0) is 37.1 Å². The minimum Gasteiger partial charge on any atom is -0.308 e. The molecule has 118 valence electrons. The fraction of sp³-hybridized carbons (Fsp3) is 0.353.